The van der Waals surface area contributed by atoms with Gasteiger partial charge in [-0.25, -0.2) is 12.8 Å². The molecule has 2 aromatic rings. The van der Waals surface area contributed by atoms with E-state index in [1.54, 1.807) is 0 Å². The molecule has 0 heterocycles. The summed E-state index contributed by atoms with van der Waals surface area (Å²) in [7, 11) is -3.31. The van der Waals surface area contributed by atoms with Crippen molar-refractivity contribution in [3.63, 3.8) is 0 Å². The first-order chi connectivity index (χ1) is 13.7. The van der Waals surface area contributed by atoms with E-state index >= 15 is 0 Å². The van der Waals surface area contributed by atoms with E-state index in [9.17, 15) is 13.2 Å². The molecule has 0 spiro atoms. The number of carbonyl (C=O) groups is 1. The minimum absolute atomic E-state index is 0.113. The first kappa shape index (κ1) is 22.1. The summed E-state index contributed by atoms with van der Waals surface area (Å²) in [6.45, 7) is 0.503. The van der Waals surface area contributed by atoms with E-state index in [1.807, 2.05) is 24.3 Å². The average Bonchev–Trinajstić information content (AvgIpc) is 2.72. The van der Waals surface area contributed by atoms with Crippen molar-refractivity contribution in [2.45, 2.75) is 42.0 Å². The summed E-state index contributed by atoms with van der Waals surface area (Å²) in [4.78, 5) is 12.9. The molecule has 1 fully saturated rings. The lowest BCUT2D eigenvalue weighted by atomic mass is 9.68. The van der Waals surface area contributed by atoms with Crippen LogP contribution in [0.15, 0.2) is 53.4 Å². The van der Waals surface area contributed by atoms with Crippen molar-refractivity contribution in [1.29, 1.82) is 0 Å². The molecule has 5 nitrogen and oxygen atoms in total. The third-order valence-corrected chi connectivity index (χ3v) is 7.58. The van der Waals surface area contributed by atoms with E-state index < -0.39 is 9.84 Å². The van der Waals surface area contributed by atoms with Crippen LogP contribution in [0.3, 0.4) is 0 Å². The molecule has 0 aliphatic heterocycles. The molecule has 1 aliphatic rings. The van der Waals surface area contributed by atoms with Gasteiger partial charge >= 0.3 is 0 Å². The van der Waals surface area contributed by atoms with Gasteiger partial charge in [0.15, 0.2) is 9.84 Å². The molecule has 156 valence electrons. The van der Waals surface area contributed by atoms with E-state index in [0.29, 0.717) is 17.1 Å². The Labute approximate surface area is 181 Å². The lowest BCUT2D eigenvalue weighted by Crippen LogP contribution is -2.44. The molecule has 0 unspecified atom stereocenters. The molecule has 1 aliphatic carbocycles. The average molecular weight is 455 g/mol. The third kappa shape index (κ3) is 4.77. The SMILES string of the molecule is CS(=O)(=O)c1ccc(C(=O)N(Cl)C2CCC(CN)(c3cccc(Cl)c3)CC2)cc1. The van der Waals surface area contributed by atoms with Crippen LogP contribution in [0.25, 0.3) is 0 Å². The minimum atomic E-state index is -3.31. The van der Waals surface area contributed by atoms with Crippen LogP contribution in [-0.2, 0) is 15.3 Å². The monoisotopic (exact) mass is 454 g/mol. The van der Waals surface area contributed by atoms with Gasteiger partial charge in [-0.05, 0) is 67.6 Å². The van der Waals surface area contributed by atoms with E-state index in [4.69, 9.17) is 29.1 Å². The minimum Gasteiger partial charge on any atom is -0.330 e. The number of amides is 1. The maximum atomic E-state index is 12.8. The van der Waals surface area contributed by atoms with Crippen LogP contribution in [0.1, 0.15) is 41.6 Å². The topological polar surface area (TPSA) is 80.5 Å². The van der Waals surface area contributed by atoms with Crippen molar-refractivity contribution >= 4 is 39.1 Å². The number of rotatable bonds is 5. The lowest BCUT2D eigenvalue weighted by molar-refractivity contribution is 0.0778. The summed E-state index contributed by atoms with van der Waals surface area (Å²) in [5.41, 5.74) is 7.45. The van der Waals surface area contributed by atoms with Gasteiger partial charge in [0.1, 0.15) is 0 Å². The third-order valence-electron chi connectivity index (χ3n) is 5.78. The zero-order valence-electron chi connectivity index (χ0n) is 16.1. The van der Waals surface area contributed by atoms with E-state index in [1.165, 1.54) is 28.7 Å². The number of halogens is 2. The van der Waals surface area contributed by atoms with Gasteiger partial charge in [0.25, 0.3) is 5.91 Å². The summed E-state index contributed by atoms with van der Waals surface area (Å²) < 4.78 is 24.4. The van der Waals surface area contributed by atoms with Gasteiger partial charge in [-0.1, -0.05) is 23.7 Å². The van der Waals surface area contributed by atoms with Crippen molar-refractivity contribution in [2.75, 3.05) is 12.8 Å². The Balaban J connectivity index is 1.70. The van der Waals surface area contributed by atoms with Crippen molar-refractivity contribution < 1.29 is 13.2 Å². The predicted molar refractivity (Wildman–Crippen MR) is 116 cm³/mol. The summed E-state index contributed by atoms with van der Waals surface area (Å²) in [6, 6.07) is 13.5. The molecule has 29 heavy (non-hydrogen) atoms. The zero-order valence-corrected chi connectivity index (χ0v) is 18.5. The van der Waals surface area contributed by atoms with Crippen LogP contribution >= 0.6 is 23.4 Å². The van der Waals surface area contributed by atoms with Crippen molar-refractivity contribution in [3.05, 3.63) is 64.7 Å². The molecule has 1 amide bonds. The Hall–Kier alpha value is -1.60. The second kappa shape index (κ2) is 8.64. The number of nitrogens with zero attached hydrogens (tertiary/aromatic N) is 1. The summed E-state index contributed by atoms with van der Waals surface area (Å²) in [6.07, 6.45) is 4.18. The number of nitrogens with two attached hydrogens (primary N) is 1. The van der Waals surface area contributed by atoms with Crippen LogP contribution in [-0.4, -0.2) is 37.6 Å². The summed E-state index contributed by atoms with van der Waals surface area (Å²) in [5, 5.41) is 0.684. The highest BCUT2D eigenvalue weighted by atomic mass is 35.5. The Morgan fingerprint density at radius 1 is 1.17 bits per heavy atom. The van der Waals surface area contributed by atoms with Gasteiger partial charge < -0.3 is 5.73 Å². The van der Waals surface area contributed by atoms with E-state index in [0.717, 1.165) is 37.5 Å². The molecular weight excluding hydrogens is 431 g/mol. The van der Waals surface area contributed by atoms with Crippen LogP contribution in [0.5, 0.6) is 0 Å². The lowest BCUT2D eigenvalue weighted by Gasteiger charge is -2.41. The smallest absolute Gasteiger partial charge is 0.268 e. The molecule has 2 N–H and O–H groups in total. The van der Waals surface area contributed by atoms with Gasteiger partial charge in [-0.3, -0.25) is 4.79 Å². The molecule has 0 saturated heterocycles. The molecule has 1 saturated carbocycles. The highest BCUT2D eigenvalue weighted by Gasteiger charge is 2.38. The maximum Gasteiger partial charge on any atom is 0.268 e. The van der Waals surface area contributed by atoms with Gasteiger partial charge in [0.05, 0.1) is 4.90 Å². The molecular formula is C21H24Cl2N2O3S. The number of benzene rings is 2. The summed E-state index contributed by atoms with van der Waals surface area (Å²) >= 11 is 12.6. The van der Waals surface area contributed by atoms with Crippen LogP contribution in [0, 0.1) is 0 Å². The van der Waals surface area contributed by atoms with Crippen molar-refractivity contribution in [3.8, 4) is 0 Å². The standard InChI is InChI=1S/C21H24Cl2N2O3S/c1-29(27,28)19-7-5-15(6-8-19)20(26)25(23)18-9-11-21(14-24,12-10-18)16-3-2-4-17(22)13-16/h2-8,13,18H,9-12,14,24H2,1H3. The van der Waals surface area contributed by atoms with E-state index in [-0.39, 0.29) is 22.3 Å². The number of sulfone groups is 1. The second-order valence-corrected chi connectivity index (χ2v) is 10.5. The number of carbonyl (C=O) groups excluding carboxylic acids is 1. The predicted octanol–water partition coefficient (Wildman–Crippen LogP) is 4.18. The summed E-state index contributed by atoms with van der Waals surface area (Å²) in [5.74, 6) is -0.334. The Kier molecular flexibility index (Phi) is 6.58. The molecule has 0 aromatic heterocycles. The molecule has 8 heteroatoms. The van der Waals surface area contributed by atoms with Crippen molar-refractivity contribution in [2.24, 2.45) is 5.73 Å². The quantitative estimate of drug-likeness (QED) is 0.686. The van der Waals surface area contributed by atoms with Gasteiger partial charge in [0.2, 0.25) is 0 Å². The molecule has 3 rings (SSSR count). The van der Waals surface area contributed by atoms with Crippen LogP contribution in [0.2, 0.25) is 5.02 Å². The fourth-order valence-corrected chi connectivity index (χ4v) is 5.06. The van der Waals surface area contributed by atoms with Crippen molar-refractivity contribution in [1.82, 2.24) is 4.42 Å². The largest absolute Gasteiger partial charge is 0.330 e. The highest BCUT2D eigenvalue weighted by Crippen LogP contribution is 2.41. The second-order valence-electron chi connectivity index (χ2n) is 7.64. The first-order valence-corrected chi connectivity index (χ1v) is 12.0. The molecule has 0 atom stereocenters. The van der Waals surface area contributed by atoms with Gasteiger partial charge in [-0.15, -0.1) is 0 Å². The fraction of sp³-hybridized carbons (Fsp3) is 0.381. The Bertz CT molecular complexity index is 985. The molecule has 2 aromatic carbocycles. The molecule has 0 radical (unpaired) electrons. The van der Waals surface area contributed by atoms with Crippen LogP contribution < -0.4 is 5.73 Å². The Morgan fingerprint density at radius 3 is 2.31 bits per heavy atom. The van der Waals surface area contributed by atoms with E-state index in [2.05, 4.69) is 0 Å². The zero-order chi connectivity index (χ0) is 21.2. The molecule has 0 bridgehead atoms. The number of hydrogen-bond acceptors (Lipinski definition) is 4. The normalized spacial score (nSPS) is 22.3. The maximum absolute atomic E-state index is 12.8. The number of hydrogen-bond donors (Lipinski definition) is 1. The first-order valence-electron chi connectivity index (χ1n) is 9.42. The van der Waals surface area contributed by atoms with Crippen LogP contribution in [0.4, 0.5) is 0 Å². The Morgan fingerprint density at radius 2 is 1.79 bits per heavy atom. The van der Waals surface area contributed by atoms with Gasteiger partial charge in [0, 0.05) is 46.6 Å². The van der Waals surface area contributed by atoms with Gasteiger partial charge in [-0.2, -0.15) is 0 Å². The fourth-order valence-electron chi connectivity index (χ4n) is 3.94. The highest BCUT2D eigenvalue weighted by molar-refractivity contribution is 7.90.